The van der Waals surface area contributed by atoms with Gasteiger partial charge >= 0.3 is 0 Å². The molecule has 3 heterocycles. The minimum absolute atomic E-state index is 0.0642. The fourth-order valence-electron chi connectivity index (χ4n) is 4.01. The van der Waals surface area contributed by atoms with Gasteiger partial charge in [-0.2, -0.15) is 0 Å². The van der Waals surface area contributed by atoms with Crippen LogP contribution in [0.4, 0.5) is 0 Å². The van der Waals surface area contributed by atoms with Gasteiger partial charge in [0, 0.05) is 24.9 Å². The van der Waals surface area contributed by atoms with Crippen molar-refractivity contribution in [3.05, 3.63) is 36.3 Å². The zero-order valence-electron chi connectivity index (χ0n) is 14.1. The van der Waals surface area contributed by atoms with Gasteiger partial charge in [0.05, 0.1) is 24.1 Å². The van der Waals surface area contributed by atoms with Crippen molar-refractivity contribution in [1.82, 2.24) is 24.4 Å². The number of aromatic nitrogens is 4. The van der Waals surface area contributed by atoms with E-state index in [4.69, 9.17) is 4.98 Å². The van der Waals surface area contributed by atoms with E-state index in [0.29, 0.717) is 5.91 Å². The zero-order valence-corrected chi connectivity index (χ0v) is 14.1. The minimum atomic E-state index is 0.0642. The second-order valence-corrected chi connectivity index (χ2v) is 6.82. The average Bonchev–Trinajstić information content (AvgIpc) is 3.35. The normalized spacial score (nSPS) is 21.5. The molecule has 4 rings (SSSR count). The van der Waals surface area contributed by atoms with E-state index in [1.807, 2.05) is 22.6 Å². The summed E-state index contributed by atoms with van der Waals surface area (Å²) in [4.78, 5) is 28.3. The number of aryl methyl sites for hydroxylation is 1. The van der Waals surface area contributed by atoms with Gasteiger partial charge in [-0.3, -0.25) is 14.3 Å². The zero-order chi connectivity index (χ0) is 16.5. The number of carbonyl (C=O) groups is 1. The predicted molar refractivity (Wildman–Crippen MR) is 89.5 cm³/mol. The molecule has 1 saturated carbocycles. The number of carbonyl (C=O) groups excluding carboxylic acids is 1. The average molecular weight is 325 g/mol. The quantitative estimate of drug-likeness (QED) is 0.870. The molecule has 126 valence electrons. The van der Waals surface area contributed by atoms with Crippen molar-refractivity contribution < 1.29 is 4.79 Å². The highest BCUT2D eigenvalue weighted by molar-refractivity contribution is 5.79. The van der Waals surface area contributed by atoms with Crippen LogP contribution in [-0.2, 0) is 4.79 Å². The molecule has 6 nitrogen and oxygen atoms in total. The highest BCUT2D eigenvalue weighted by atomic mass is 16.2. The summed E-state index contributed by atoms with van der Waals surface area (Å²) in [6.45, 7) is 2.79. The van der Waals surface area contributed by atoms with E-state index >= 15 is 0 Å². The third kappa shape index (κ3) is 2.70. The lowest BCUT2D eigenvalue weighted by Crippen LogP contribution is -2.35. The first-order chi connectivity index (χ1) is 11.7. The number of hydrogen-bond acceptors (Lipinski definition) is 4. The summed E-state index contributed by atoms with van der Waals surface area (Å²) in [6.07, 6.45) is 13.7. The molecule has 0 radical (unpaired) electrons. The maximum Gasteiger partial charge on any atom is 0.226 e. The number of rotatable bonds is 3. The van der Waals surface area contributed by atoms with Gasteiger partial charge in [0.1, 0.15) is 5.82 Å². The molecule has 1 amide bonds. The Morgan fingerprint density at radius 2 is 2.00 bits per heavy atom. The van der Waals surface area contributed by atoms with Crippen LogP contribution in [0.3, 0.4) is 0 Å². The monoisotopic (exact) mass is 325 g/mol. The number of likely N-dealkylation sites (tertiary alicyclic amines) is 1. The second-order valence-electron chi connectivity index (χ2n) is 6.82. The molecule has 6 heteroatoms. The lowest BCUT2D eigenvalue weighted by Gasteiger charge is -2.27. The van der Waals surface area contributed by atoms with Crippen LogP contribution in [0, 0.1) is 12.8 Å². The molecule has 1 saturated heterocycles. The molecule has 0 N–H and O–H groups in total. The summed E-state index contributed by atoms with van der Waals surface area (Å²) in [6, 6.07) is 0.0642. The molecule has 1 aliphatic carbocycles. The molecule has 2 aliphatic rings. The molecule has 2 aromatic heterocycles. The first-order valence-electron chi connectivity index (χ1n) is 8.87. The summed E-state index contributed by atoms with van der Waals surface area (Å²) in [5, 5.41) is 0. The van der Waals surface area contributed by atoms with Gasteiger partial charge in [0.15, 0.2) is 5.82 Å². The molecule has 1 aliphatic heterocycles. The highest BCUT2D eigenvalue weighted by Crippen LogP contribution is 2.35. The molecule has 1 unspecified atom stereocenters. The lowest BCUT2D eigenvalue weighted by molar-refractivity contribution is -0.136. The maximum atomic E-state index is 12.9. The Kier molecular flexibility index (Phi) is 4.04. The molecule has 0 bridgehead atoms. The SMILES string of the molecule is Cc1nccn1-c1cncc(C2CCCN2C(=O)C2CCCC2)n1. The van der Waals surface area contributed by atoms with Gasteiger partial charge in [0.25, 0.3) is 0 Å². The topological polar surface area (TPSA) is 63.9 Å². The van der Waals surface area contributed by atoms with Crippen LogP contribution < -0.4 is 0 Å². The standard InChI is InChI=1S/C18H23N5O/c1-13-20-8-10-22(13)17-12-19-11-15(21-17)16-7-4-9-23(16)18(24)14-5-2-3-6-14/h8,10-12,14,16H,2-7,9H2,1H3. The molecule has 0 spiro atoms. The van der Waals surface area contributed by atoms with Gasteiger partial charge in [-0.15, -0.1) is 0 Å². The summed E-state index contributed by atoms with van der Waals surface area (Å²) in [5.41, 5.74) is 0.893. The Bertz CT molecular complexity index is 735. The van der Waals surface area contributed by atoms with Crippen LogP contribution in [0.5, 0.6) is 0 Å². The minimum Gasteiger partial charge on any atom is -0.334 e. The van der Waals surface area contributed by atoms with Crippen molar-refractivity contribution in [2.24, 2.45) is 5.92 Å². The van der Waals surface area contributed by atoms with E-state index < -0.39 is 0 Å². The van der Waals surface area contributed by atoms with Crippen molar-refractivity contribution in [2.45, 2.75) is 51.5 Å². The smallest absolute Gasteiger partial charge is 0.226 e. The molecule has 1 atom stereocenters. The van der Waals surface area contributed by atoms with Gasteiger partial charge in [-0.25, -0.2) is 9.97 Å². The molecule has 2 fully saturated rings. The predicted octanol–water partition coefficient (Wildman–Crippen LogP) is 2.82. The molecule has 2 aromatic rings. The largest absolute Gasteiger partial charge is 0.334 e. The Hall–Kier alpha value is -2.24. The fraction of sp³-hybridized carbons (Fsp3) is 0.556. The highest BCUT2D eigenvalue weighted by Gasteiger charge is 2.35. The molecule has 0 aromatic carbocycles. The first-order valence-corrected chi connectivity index (χ1v) is 8.87. The van der Waals surface area contributed by atoms with Gasteiger partial charge < -0.3 is 4.90 Å². The first kappa shape index (κ1) is 15.3. The fourth-order valence-corrected chi connectivity index (χ4v) is 4.01. The molecular formula is C18H23N5O. The van der Waals surface area contributed by atoms with E-state index in [-0.39, 0.29) is 12.0 Å². The summed E-state index contributed by atoms with van der Waals surface area (Å²) >= 11 is 0. The van der Waals surface area contributed by atoms with E-state index in [1.165, 1.54) is 12.8 Å². The number of hydrogen-bond donors (Lipinski definition) is 0. The lowest BCUT2D eigenvalue weighted by atomic mass is 10.1. The van der Waals surface area contributed by atoms with E-state index in [1.54, 1.807) is 18.6 Å². The summed E-state index contributed by atoms with van der Waals surface area (Å²) in [7, 11) is 0. The van der Waals surface area contributed by atoms with Gasteiger partial charge in [-0.1, -0.05) is 12.8 Å². The van der Waals surface area contributed by atoms with Crippen molar-refractivity contribution in [3.63, 3.8) is 0 Å². The van der Waals surface area contributed by atoms with Crippen LogP contribution in [0.15, 0.2) is 24.8 Å². The Morgan fingerprint density at radius 3 is 2.75 bits per heavy atom. The Labute approximate surface area is 141 Å². The Balaban J connectivity index is 1.60. The third-order valence-electron chi connectivity index (χ3n) is 5.29. The van der Waals surface area contributed by atoms with Crippen molar-refractivity contribution in [3.8, 4) is 5.82 Å². The van der Waals surface area contributed by atoms with Crippen molar-refractivity contribution in [1.29, 1.82) is 0 Å². The van der Waals surface area contributed by atoms with E-state index in [2.05, 4.69) is 9.97 Å². The Morgan fingerprint density at radius 1 is 1.17 bits per heavy atom. The maximum absolute atomic E-state index is 12.9. The number of imidazole rings is 1. The number of nitrogens with zero attached hydrogens (tertiary/aromatic N) is 5. The summed E-state index contributed by atoms with van der Waals surface area (Å²) in [5.74, 6) is 2.19. The van der Waals surface area contributed by atoms with Crippen LogP contribution in [0.25, 0.3) is 5.82 Å². The van der Waals surface area contributed by atoms with Crippen molar-refractivity contribution in [2.75, 3.05) is 6.54 Å². The van der Waals surface area contributed by atoms with Crippen LogP contribution in [0.2, 0.25) is 0 Å². The van der Waals surface area contributed by atoms with Gasteiger partial charge in [0.2, 0.25) is 5.91 Å². The van der Waals surface area contributed by atoms with Crippen LogP contribution in [-0.4, -0.2) is 36.9 Å². The van der Waals surface area contributed by atoms with Crippen molar-refractivity contribution >= 4 is 5.91 Å². The van der Waals surface area contributed by atoms with E-state index in [0.717, 1.165) is 49.6 Å². The van der Waals surface area contributed by atoms with Crippen LogP contribution in [0.1, 0.15) is 56.1 Å². The number of amides is 1. The van der Waals surface area contributed by atoms with Gasteiger partial charge in [-0.05, 0) is 32.6 Å². The molecular weight excluding hydrogens is 302 g/mol. The van der Waals surface area contributed by atoms with E-state index in [9.17, 15) is 4.79 Å². The third-order valence-corrected chi connectivity index (χ3v) is 5.29. The second kappa shape index (κ2) is 6.34. The summed E-state index contributed by atoms with van der Waals surface area (Å²) < 4.78 is 1.93. The van der Waals surface area contributed by atoms with Crippen LogP contribution >= 0.6 is 0 Å². The molecule has 24 heavy (non-hydrogen) atoms.